The molecule has 206 valence electrons. The number of methoxy groups -OCH3 is 1. The summed E-state index contributed by atoms with van der Waals surface area (Å²) in [5.41, 5.74) is 7.92. The van der Waals surface area contributed by atoms with E-state index in [0.717, 1.165) is 5.56 Å². The lowest BCUT2D eigenvalue weighted by Crippen LogP contribution is -2.61. The third-order valence-corrected chi connectivity index (χ3v) is 7.31. The van der Waals surface area contributed by atoms with Crippen molar-refractivity contribution in [2.45, 2.75) is 18.2 Å². The quantitative estimate of drug-likeness (QED) is 0.307. The number of rotatable bonds is 9. The molecule has 40 heavy (non-hydrogen) atoms. The zero-order chi connectivity index (χ0) is 28.3. The fourth-order valence-corrected chi connectivity index (χ4v) is 4.90. The summed E-state index contributed by atoms with van der Waals surface area (Å²) in [6.07, 6.45) is 3.39. The largest absolute Gasteiger partial charge is 0.497 e. The molecule has 5 rings (SSSR count). The predicted octanol–water partition coefficient (Wildman–Crippen LogP) is 3.82. The van der Waals surface area contributed by atoms with Gasteiger partial charge in [0.05, 0.1) is 47.7 Å². The van der Waals surface area contributed by atoms with Crippen LogP contribution in [0.15, 0.2) is 73.1 Å². The molecule has 1 unspecified atom stereocenters. The first kappa shape index (κ1) is 27.6. The highest BCUT2D eigenvalue weighted by molar-refractivity contribution is 6.43. The standard InChI is InChI=1S/C28H25Cl2N5O5/c1-38-18-9-7-17(8-10-18)16-23(28(27(31)37)39-14-15-40-28)33-26(36)20-5-3-12-32-25(20)35-13-11-22(34-35)19-4-2-6-21(29)24(19)30/h2-13,23H,14-16H2,1H3,(H2,31,37)(H,33,36). The van der Waals surface area contributed by atoms with Crippen molar-refractivity contribution in [2.24, 2.45) is 5.73 Å². The highest BCUT2D eigenvalue weighted by atomic mass is 35.5. The Bertz CT molecular complexity index is 1540. The maximum Gasteiger partial charge on any atom is 0.280 e. The SMILES string of the molecule is COc1ccc(CC(NC(=O)c2cccnc2-n2ccc(-c3cccc(Cl)c3Cl)n2)C2(C(N)=O)OCCO2)cc1. The second-order valence-electron chi connectivity index (χ2n) is 8.93. The second kappa shape index (κ2) is 11.6. The van der Waals surface area contributed by atoms with E-state index in [1.165, 1.54) is 4.68 Å². The fourth-order valence-electron chi connectivity index (χ4n) is 4.50. The van der Waals surface area contributed by atoms with E-state index >= 15 is 0 Å². The Balaban J connectivity index is 1.47. The molecule has 1 aliphatic heterocycles. The average molecular weight is 582 g/mol. The highest BCUT2D eigenvalue weighted by Crippen LogP contribution is 2.33. The molecule has 0 bridgehead atoms. The third-order valence-electron chi connectivity index (χ3n) is 6.49. The van der Waals surface area contributed by atoms with E-state index in [1.807, 2.05) is 12.1 Å². The van der Waals surface area contributed by atoms with Gasteiger partial charge in [-0.25, -0.2) is 9.67 Å². The van der Waals surface area contributed by atoms with Gasteiger partial charge >= 0.3 is 0 Å². The number of carbonyl (C=O) groups is 2. The van der Waals surface area contributed by atoms with E-state index in [9.17, 15) is 9.59 Å². The number of halogens is 2. The Morgan fingerprint density at radius 3 is 2.55 bits per heavy atom. The van der Waals surface area contributed by atoms with Crippen LogP contribution in [0.5, 0.6) is 5.75 Å². The van der Waals surface area contributed by atoms with Crippen molar-refractivity contribution in [2.75, 3.05) is 20.3 Å². The number of hydrogen-bond donors (Lipinski definition) is 2. The molecule has 12 heteroatoms. The van der Waals surface area contributed by atoms with Crippen LogP contribution in [0.1, 0.15) is 15.9 Å². The molecule has 2 aromatic carbocycles. The predicted molar refractivity (Wildman–Crippen MR) is 149 cm³/mol. The van der Waals surface area contributed by atoms with Crippen LogP contribution in [0, 0.1) is 0 Å². The summed E-state index contributed by atoms with van der Waals surface area (Å²) in [5, 5.41) is 8.23. The molecule has 2 amide bonds. The van der Waals surface area contributed by atoms with Crippen molar-refractivity contribution in [3.63, 3.8) is 0 Å². The van der Waals surface area contributed by atoms with Crippen LogP contribution < -0.4 is 15.8 Å². The first-order valence-corrected chi connectivity index (χ1v) is 13.0. The number of pyridine rings is 1. The topological polar surface area (TPSA) is 131 Å². The minimum Gasteiger partial charge on any atom is -0.497 e. The molecule has 1 atom stereocenters. The van der Waals surface area contributed by atoms with Crippen LogP contribution in [0.25, 0.3) is 17.1 Å². The molecule has 4 aromatic rings. The Morgan fingerprint density at radius 2 is 1.85 bits per heavy atom. The lowest BCUT2D eigenvalue weighted by atomic mass is 9.97. The first-order chi connectivity index (χ1) is 19.3. The van der Waals surface area contributed by atoms with Gasteiger partial charge in [0.25, 0.3) is 17.6 Å². The zero-order valence-corrected chi connectivity index (χ0v) is 22.9. The lowest BCUT2D eigenvalue weighted by Gasteiger charge is -2.33. The molecule has 1 fully saturated rings. The molecular weight excluding hydrogens is 557 g/mol. The van der Waals surface area contributed by atoms with Crippen molar-refractivity contribution in [1.82, 2.24) is 20.1 Å². The maximum atomic E-state index is 13.7. The summed E-state index contributed by atoms with van der Waals surface area (Å²) >= 11 is 12.5. The number of nitrogens with one attached hydrogen (secondary N) is 1. The molecule has 0 spiro atoms. The van der Waals surface area contributed by atoms with Crippen LogP contribution >= 0.6 is 23.2 Å². The van der Waals surface area contributed by atoms with Gasteiger partial charge in [0.15, 0.2) is 5.82 Å². The molecule has 3 N–H and O–H groups in total. The van der Waals surface area contributed by atoms with Gasteiger partial charge in [-0.3, -0.25) is 9.59 Å². The number of nitrogens with zero attached hydrogens (tertiary/aromatic N) is 3. The smallest absolute Gasteiger partial charge is 0.280 e. The molecular formula is C28H25Cl2N5O5. The van der Waals surface area contributed by atoms with E-state index < -0.39 is 23.6 Å². The zero-order valence-electron chi connectivity index (χ0n) is 21.3. The summed E-state index contributed by atoms with van der Waals surface area (Å²) in [6, 6.07) is 16.5. The monoisotopic (exact) mass is 581 g/mol. The second-order valence-corrected chi connectivity index (χ2v) is 9.71. The molecule has 3 heterocycles. The van der Waals surface area contributed by atoms with Crippen LogP contribution in [0.2, 0.25) is 10.0 Å². The van der Waals surface area contributed by atoms with Gasteiger partial charge < -0.3 is 25.3 Å². The Hall–Kier alpha value is -3.96. The normalized spacial score (nSPS) is 15.0. The summed E-state index contributed by atoms with van der Waals surface area (Å²) in [4.78, 5) is 30.7. The molecule has 10 nitrogen and oxygen atoms in total. The van der Waals surface area contributed by atoms with Crippen LogP contribution in [0.4, 0.5) is 0 Å². The van der Waals surface area contributed by atoms with E-state index in [2.05, 4.69) is 15.4 Å². The van der Waals surface area contributed by atoms with E-state index in [0.29, 0.717) is 27.1 Å². The van der Waals surface area contributed by atoms with Gasteiger partial charge in [0.2, 0.25) is 0 Å². The van der Waals surface area contributed by atoms with Crippen molar-refractivity contribution >= 4 is 35.0 Å². The molecule has 1 aliphatic rings. The van der Waals surface area contributed by atoms with Crippen molar-refractivity contribution in [3.05, 3.63) is 94.2 Å². The van der Waals surface area contributed by atoms with E-state index in [-0.39, 0.29) is 31.0 Å². The first-order valence-electron chi connectivity index (χ1n) is 12.3. The number of aromatic nitrogens is 3. The van der Waals surface area contributed by atoms with Crippen LogP contribution in [-0.2, 0) is 20.7 Å². The van der Waals surface area contributed by atoms with Gasteiger partial charge in [0.1, 0.15) is 5.75 Å². The molecule has 0 radical (unpaired) electrons. The van der Waals surface area contributed by atoms with Crippen LogP contribution in [-0.4, -0.2) is 58.7 Å². The highest BCUT2D eigenvalue weighted by Gasteiger charge is 2.51. The summed E-state index contributed by atoms with van der Waals surface area (Å²) in [6.45, 7) is 0.302. The number of primary amides is 1. The van der Waals surface area contributed by atoms with Gasteiger partial charge in [-0.2, -0.15) is 5.10 Å². The maximum absolute atomic E-state index is 13.7. The Labute approximate surface area is 240 Å². The van der Waals surface area contributed by atoms with E-state index in [1.54, 1.807) is 68.0 Å². The number of nitrogens with two attached hydrogens (primary N) is 1. The van der Waals surface area contributed by atoms with Gasteiger partial charge in [0, 0.05) is 18.0 Å². The Kier molecular flexibility index (Phi) is 8.04. The third kappa shape index (κ3) is 5.39. The van der Waals surface area contributed by atoms with Gasteiger partial charge in [-0.15, -0.1) is 0 Å². The van der Waals surface area contributed by atoms with Crippen molar-refractivity contribution < 1.29 is 23.8 Å². The number of ether oxygens (including phenoxy) is 3. The van der Waals surface area contributed by atoms with Crippen LogP contribution in [0.3, 0.4) is 0 Å². The summed E-state index contributed by atoms with van der Waals surface area (Å²) in [5.74, 6) is -2.29. The minimum atomic E-state index is -1.85. The number of carbonyl (C=O) groups excluding carboxylic acids is 2. The number of amides is 2. The molecule has 2 aromatic heterocycles. The Morgan fingerprint density at radius 1 is 1.10 bits per heavy atom. The molecule has 0 saturated carbocycles. The minimum absolute atomic E-state index is 0.151. The van der Waals surface area contributed by atoms with Gasteiger partial charge in [-0.1, -0.05) is 47.5 Å². The summed E-state index contributed by atoms with van der Waals surface area (Å²) < 4.78 is 18.1. The summed E-state index contributed by atoms with van der Waals surface area (Å²) in [7, 11) is 1.57. The number of hydrogen-bond acceptors (Lipinski definition) is 7. The lowest BCUT2D eigenvalue weighted by molar-refractivity contribution is -0.189. The van der Waals surface area contributed by atoms with Crippen molar-refractivity contribution in [3.8, 4) is 22.8 Å². The molecule has 1 saturated heterocycles. The average Bonchev–Trinajstić information content (AvgIpc) is 3.66. The number of benzene rings is 2. The molecule has 0 aliphatic carbocycles. The van der Waals surface area contributed by atoms with Gasteiger partial charge in [-0.05, 0) is 48.4 Å². The van der Waals surface area contributed by atoms with Crippen molar-refractivity contribution in [1.29, 1.82) is 0 Å². The van der Waals surface area contributed by atoms with E-state index in [4.69, 9.17) is 43.1 Å². The fraction of sp³-hybridized carbons (Fsp3) is 0.214.